The van der Waals surface area contributed by atoms with Crippen molar-refractivity contribution in [2.75, 3.05) is 19.0 Å². The second-order valence-electron chi connectivity index (χ2n) is 4.62. The van der Waals surface area contributed by atoms with E-state index < -0.39 is 4.92 Å². The second-order valence-corrected chi connectivity index (χ2v) is 4.62. The Labute approximate surface area is 111 Å². The Morgan fingerprint density at radius 2 is 2.37 bits per heavy atom. The molecular formula is C13H18N2O4. The molecule has 1 aliphatic heterocycles. The first-order valence-electron chi connectivity index (χ1n) is 6.32. The van der Waals surface area contributed by atoms with Gasteiger partial charge in [0.2, 0.25) is 0 Å². The van der Waals surface area contributed by atoms with Crippen molar-refractivity contribution in [3.05, 3.63) is 28.3 Å². The zero-order valence-electron chi connectivity index (χ0n) is 11.1. The van der Waals surface area contributed by atoms with Gasteiger partial charge in [0.1, 0.15) is 11.4 Å². The number of rotatable bonds is 5. The average Bonchev–Trinajstić information content (AvgIpc) is 2.92. The van der Waals surface area contributed by atoms with Crippen LogP contribution < -0.4 is 10.1 Å². The van der Waals surface area contributed by atoms with E-state index in [0.717, 1.165) is 19.4 Å². The summed E-state index contributed by atoms with van der Waals surface area (Å²) >= 11 is 0. The fourth-order valence-electron chi connectivity index (χ4n) is 2.25. The van der Waals surface area contributed by atoms with Gasteiger partial charge in [0, 0.05) is 12.6 Å². The van der Waals surface area contributed by atoms with Crippen LogP contribution >= 0.6 is 0 Å². The standard InChI is InChI=1S/C13H18N2O4/c1-9(13-4-3-7-19-13)14-11-6-5-10(18-2)8-12(11)15(16)17/h5-6,8-9,13-14H,3-4,7H2,1-2H3. The van der Waals surface area contributed by atoms with Crippen LogP contribution in [0.1, 0.15) is 19.8 Å². The van der Waals surface area contributed by atoms with E-state index in [0.29, 0.717) is 11.4 Å². The van der Waals surface area contributed by atoms with Crippen LogP contribution in [0.4, 0.5) is 11.4 Å². The summed E-state index contributed by atoms with van der Waals surface area (Å²) in [5.74, 6) is 0.474. The molecule has 0 saturated carbocycles. The fraction of sp³-hybridized carbons (Fsp3) is 0.538. The van der Waals surface area contributed by atoms with E-state index in [1.54, 1.807) is 12.1 Å². The molecule has 6 nitrogen and oxygen atoms in total. The SMILES string of the molecule is COc1ccc(NC(C)C2CCCO2)c([N+](=O)[O-])c1. The summed E-state index contributed by atoms with van der Waals surface area (Å²) in [6, 6.07) is 4.83. The summed E-state index contributed by atoms with van der Waals surface area (Å²) in [4.78, 5) is 10.7. The van der Waals surface area contributed by atoms with Gasteiger partial charge in [-0.2, -0.15) is 0 Å². The minimum absolute atomic E-state index is 0.0178. The van der Waals surface area contributed by atoms with Gasteiger partial charge in [-0.15, -0.1) is 0 Å². The Bertz CT molecular complexity index is 458. The highest BCUT2D eigenvalue weighted by molar-refractivity contribution is 5.64. The summed E-state index contributed by atoms with van der Waals surface area (Å²) < 4.78 is 10.6. The quantitative estimate of drug-likeness (QED) is 0.655. The molecule has 0 spiro atoms. The third-order valence-corrected chi connectivity index (χ3v) is 3.31. The smallest absolute Gasteiger partial charge is 0.296 e. The lowest BCUT2D eigenvalue weighted by Gasteiger charge is -2.21. The van der Waals surface area contributed by atoms with Crippen molar-refractivity contribution >= 4 is 11.4 Å². The van der Waals surface area contributed by atoms with Crippen LogP contribution in [0, 0.1) is 10.1 Å². The van der Waals surface area contributed by atoms with Crippen molar-refractivity contribution in [3.63, 3.8) is 0 Å². The molecule has 0 amide bonds. The molecule has 1 saturated heterocycles. The number of nitro groups is 1. The van der Waals surface area contributed by atoms with Crippen LogP contribution in [0.3, 0.4) is 0 Å². The van der Waals surface area contributed by atoms with E-state index >= 15 is 0 Å². The number of hydrogen-bond acceptors (Lipinski definition) is 5. The van der Waals surface area contributed by atoms with Crippen molar-refractivity contribution in [1.29, 1.82) is 0 Å². The lowest BCUT2D eigenvalue weighted by molar-refractivity contribution is -0.384. The highest BCUT2D eigenvalue weighted by Crippen LogP contribution is 2.30. The predicted molar refractivity (Wildman–Crippen MR) is 71.7 cm³/mol. The van der Waals surface area contributed by atoms with E-state index in [1.165, 1.54) is 13.2 Å². The number of nitro benzene ring substituents is 1. The topological polar surface area (TPSA) is 73.6 Å². The highest BCUT2D eigenvalue weighted by Gasteiger charge is 2.24. The number of nitrogens with one attached hydrogen (secondary N) is 1. The van der Waals surface area contributed by atoms with Crippen molar-refractivity contribution < 1.29 is 14.4 Å². The number of ether oxygens (including phenoxy) is 2. The molecule has 1 N–H and O–H groups in total. The molecule has 2 atom stereocenters. The minimum atomic E-state index is -0.410. The van der Waals surface area contributed by atoms with Gasteiger partial charge in [-0.1, -0.05) is 0 Å². The van der Waals surface area contributed by atoms with E-state index in [1.807, 2.05) is 6.92 Å². The van der Waals surface area contributed by atoms with Gasteiger partial charge in [-0.3, -0.25) is 10.1 Å². The third-order valence-electron chi connectivity index (χ3n) is 3.31. The minimum Gasteiger partial charge on any atom is -0.496 e. The van der Waals surface area contributed by atoms with Crippen LogP contribution in [0.25, 0.3) is 0 Å². The molecule has 0 bridgehead atoms. The monoisotopic (exact) mass is 266 g/mol. The number of anilines is 1. The summed E-state index contributed by atoms with van der Waals surface area (Å²) in [6.07, 6.45) is 2.14. The van der Waals surface area contributed by atoms with Crippen molar-refractivity contribution in [3.8, 4) is 5.75 Å². The maximum absolute atomic E-state index is 11.1. The van der Waals surface area contributed by atoms with Gasteiger partial charge >= 0.3 is 0 Å². The Morgan fingerprint density at radius 3 is 2.95 bits per heavy atom. The Morgan fingerprint density at radius 1 is 1.58 bits per heavy atom. The average molecular weight is 266 g/mol. The first-order chi connectivity index (χ1) is 9.11. The summed E-state index contributed by atoms with van der Waals surface area (Å²) in [5.41, 5.74) is 0.512. The maximum atomic E-state index is 11.1. The van der Waals surface area contributed by atoms with Crippen LogP contribution in [0.5, 0.6) is 5.75 Å². The molecule has 1 heterocycles. The molecular weight excluding hydrogens is 248 g/mol. The van der Waals surface area contributed by atoms with Crippen LogP contribution in [-0.2, 0) is 4.74 Å². The first-order valence-corrected chi connectivity index (χ1v) is 6.32. The first kappa shape index (κ1) is 13.6. The molecule has 0 radical (unpaired) electrons. The maximum Gasteiger partial charge on any atom is 0.296 e. The lowest BCUT2D eigenvalue weighted by Crippen LogP contribution is -2.30. The van der Waals surface area contributed by atoms with E-state index in [9.17, 15) is 10.1 Å². The molecule has 104 valence electrons. The molecule has 19 heavy (non-hydrogen) atoms. The number of methoxy groups -OCH3 is 1. The molecule has 0 aromatic heterocycles. The third kappa shape index (κ3) is 3.14. The zero-order chi connectivity index (χ0) is 13.8. The van der Waals surface area contributed by atoms with Crippen LogP contribution in [0.2, 0.25) is 0 Å². The van der Waals surface area contributed by atoms with Gasteiger partial charge < -0.3 is 14.8 Å². The van der Waals surface area contributed by atoms with Gasteiger partial charge in [0.25, 0.3) is 5.69 Å². The van der Waals surface area contributed by atoms with Crippen LogP contribution in [-0.4, -0.2) is 30.8 Å². The van der Waals surface area contributed by atoms with Crippen molar-refractivity contribution in [1.82, 2.24) is 0 Å². The summed E-state index contributed by atoms with van der Waals surface area (Å²) in [6.45, 7) is 2.74. The van der Waals surface area contributed by atoms with Gasteiger partial charge in [0.15, 0.2) is 0 Å². The molecule has 1 aromatic carbocycles. The number of nitrogens with zero attached hydrogens (tertiary/aromatic N) is 1. The second kappa shape index (κ2) is 5.88. The molecule has 0 aliphatic carbocycles. The summed E-state index contributed by atoms with van der Waals surface area (Å²) in [5, 5.41) is 14.2. The molecule has 2 rings (SSSR count). The Hall–Kier alpha value is -1.82. The van der Waals surface area contributed by atoms with Gasteiger partial charge in [0.05, 0.1) is 24.2 Å². The Kier molecular flexibility index (Phi) is 4.21. The zero-order valence-corrected chi connectivity index (χ0v) is 11.1. The largest absolute Gasteiger partial charge is 0.496 e. The fourth-order valence-corrected chi connectivity index (χ4v) is 2.25. The lowest BCUT2D eigenvalue weighted by atomic mass is 10.1. The highest BCUT2D eigenvalue weighted by atomic mass is 16.6. The van der Waals surface area contributed by atoms with Gasteiger partial charge in [-0.05, 0) is 31.9 Å². The van der Waals surface area contributed by atoms with Crippen molar-refractivity contribution in [2.45, 2.75) is 31.9 Å². The normalized spacial score (nSPS) is 20.0. The van der Waals surface area contributed by atoms with E-state index in [-0.39, 0.29) is 17.8 Å². The van der Waals surface area contributed by atoms with Crippen molar-refractivity contribution in [2.24, 2.45) is 0 Å². The number of benzene rings is 1. The predicted octanol–water partition coefficient (Wildman–Crippen LogP) is 2.58. The molecule has 1 fully saturated rings. The Balaban J connectivity index is 2.16. The van der Waals surface area contributed by atoms with Crippen LogP contribution in [0.15, 0.2) is 18.2 Å². The molecule has 6 heteroatoms. The molecule has 2 unspecified atom stereocenters. The van der Waals surface area contributed by atoms with E-state index in [4.69, 9.17) is 9.47 Å². The van der Waals surface area contributed by atoms with E-state index in [2.05, 4.69) is 5.32 Å². The molecule has 1 aliphatic rings. The van der Waals surface area contributed by atoms with Gasteiger partial charge in [-0.25, -0.2) is 0 Å². The number of hydrogen-bond donors (Lipinski definition) is 1. The summed E-state index contributed by atoms with van der Waals surface area (Å²) in [7, 11) is 1.49. The molecule has 1 aromatic rings.